The zero-order valence-corrected chi connectivity index (χ0v) is 6.34. The van der Waals surface area contributed by atoms with E-state index in [9.17, 15) is 0 Å². The number of amidine groups is 1. The van der Waals surface area contributed by atoms with Crippen LogP contribution in [0, 0.1) is 0 Å². The number of hydrogen-bond acceptors (Lipinski definition) is 4. The Morgan fingerprint density at radius 3 is 2.91 bits per heavy atom. The molecule has 0 fully saturated rings. The highest BCUT2D eigenvalue weighted by Gasteiger charge is 2.15. The van der Waals surface area contributed by atoms with Crippen LogP contribution in [0.15, 0.2) is 9.98 Å². The van der Waals surface area contributed by atoms with Crippen LogP contribution in [0.25, 0.3) is 0 Å². The van der Waals surface area contributed by atoms with Gasteiger partial charge in [-0.15, -0.1) is 0 Å². The molecule has 2 rings (SSSR count). The second kappa shape index (κ2) is 2.90. The number of aliphatic imine (C=N–C) groups is 2. The van der Waals surface area contributed by atoms with Gasteiger partial charge in [0, 0.05) is 13.1 Å². The Labute approximate surface area is 65.4 Å². The molecule has 0 bridgehead atoms. The second-order valence-corrected chi connectivity index (χ2v) is 2.55. The Balaban J connectivity index is 2.07. The second-order valence-electron chi connectivity index (χ2n) is 2.55. The molecule has 0 aliphatic carbocycles. The fraction of sp³-hybridized carbons (Fsp3) is 0.714. The lowest BCUT2D eigenvalue weighted by Crippen LogP contribution is -2.35. The predicted molar refractivity (Wildman–Crippen MR) is 43.2 cm³/mol. The molecule has 0 spiro atoms. The van der Waals surface area contributed by atoms with Gasteiger partial charge in [0.1, 0.15) is 6.61 Å². The van der Waals surface area contributed by atoms with E-state index in [0.29, 0.717) is 12.5 Å². The largest absolute Gasteiger partial charge is 0.473 e. The van der Waals surface area contributed by atoms with Crippen molar-refractivity contribution in [3.63, 3.8) is 0 Å². The number of ether oxygens (including phenoxy) is 1. The molecule has 0 saturated heterocycles. The maximum absolute atomic E-state index is 5.25. The first kappa shape index (κ1) is 6.64. The van der Waals surface area contributed by atoms with Gasteiger partial charge in [-0.2, -0.15) is 0 Å². The minimum absolute atomic E-state index is 0.699. The average Bonchev–Trinajstić information content (AvgIpc) is 2.58. The highest BCUT2D eigenvalue weighted by molar-refractivity contribution is 6.38. The SMILES string of the molecule is C1CN=C(C2=NCCO2)NC1. The predicted octanol–water partition coefficient (Wildman–Crippen LogP) is -0.193. The third-order valence-electron chi connectivity index (χ3n) is 1.69. The van der Waals surface area contributed by atoms with Gasteiger partial charge >= 0.3 is 0 Å². The zero-order valence-electron chi connectivity index (χ0n) is 6.34. The molecule has 0 amide bonds. The van der Waals surface area contributed by atoms with Crippen LogP contribution in [-0.2, 0) is 4.74 Å². The standard InChI is InChI=1S/C7H11N3O/c1-2-8-6(9-3-1)7-10-4-5-11-7/h1-5H2,(H,8,9). The summed E-state index contributed by atoms with van der Waals surface area (Å²) in [5.74, 6) is 1.54. The summed E-state index contributed by atoms with van der Waals surface area (Å²) in [7, 11) is 0. The monoisotopic (exact) mass is 153 g/mol. The Bertz CT molecular complexity index is 210. The van der Waals surface area contributed by atoms with Crippen LogP contribution in [0.1, 0.15) is 6.42 Å². The molecule has 0 radical (unpaired) electrons. The van der Waals surface area contributed by atoms with E-state index >= 15 is 0 Å². The van der Waals surface area contributed by atoms with E-state index < -0.39 is 0 Å². The molecule has 2 aliphatic heterocycles. The maximum Gasteiger partial charge on any atom is 0.252 e. The number of rotatable bonds is 1. The summed E-state index contributed by atoms with van der Waals surface area (Å²) in [4.78, 5) is 8.42. The molecule has 0 saturated carbocycles. The molecule has 0 aromatic heterocycles. The van der Waals surface area contributed by atoms with Crippen LogP contribution >= 0.6 is 0 Å². The highest BCUT2D eigenvalue weighted by Crippen LogP contribution is 1.98. The van der Waals surface area contributed by atoms with Crippen LogP contribution in [0.4, 0.5) is 0 Å². The number of nitrogens with one attached hydrogen (secondary N) is 1. The van der Waals surface area contributed by atoms with E-state index in [1.807, 2.05) is 0 Å². The molecule has 60 valence electrons. The first-order chi connectivity index (χ1) is 5.47. The van der Waals surface area contributed by atoms with Gasteiger partial charge in [-0.1, -0.05) is 0 Å². The summed E-state index contributed by atoms with van der Waals surface area (Å²) in [6.07, 6.45) is 1.11. The quantitative estimate of drug-likeness (QED) is 0.567. The lowest BCUT2D eigenvalue weighted by atomic mass is 10.3. The zero-order chi connectivity index (χ0) is 7.52. The Hall–Kier alpha value is -1.06. The third kappa shape index (κ3) is 1.34. The van der Waals surface area contributed by atoms with Crippen molar-refractivity contribution >= 4 is 11.7 Å². The summed E-state index contributed by atoms with van der Waals surface area (Å²) in [5, 5.41) is 3.16. The van der Waals surface area contributed by atoms with Crippen molar-refractivity contribution < 1.29 is 4.74 Å². The molecule has 4 nitrogen and oxygen atoms in total. The molecule has 4 heteroatoms. The lowest BCUT2D eigenvalue weighted by Gasteiger charge is -2.13. The van der Waals surface area contributed by atoms with E-state index in [2.05, 4.69) is 15.3 Å². The van der Waals surface area contributed by atoms with Crippen molar-refractivity contribution in [3.05, 3.63) is 0 Å². The Morgan fingerprint density at radius 1 is 1.27 bits per heavy atom. The highest BCUT2D eigenvalue weighted by atomic mass is 16.5. The van der Waals surface area contributed by atoms with Gasteiger partial charge < -0.3 is 10.1 Å². The molecule has 2 heterocycles. The van der Waals surface area contributed by atoms with Crippen molar-refractivity contribution in [2.45, 2.75) is 6.42 Å². The van der Waals surface area contributed by atoms with Gasteiger partial charge in [0.05, 0.1) is 6.54 Å². The van der Waals surface area contributed by atoms with Gasteiger partial charge in [-0.25, -0.2) is 4.99 Å². The van der Waals surface area contributed by atoms with E-state index in [-0.39, 0.29) is 0 Å². The summed E-state index contributed by atoms with van der Waals surface area (Å²) >= 11 is 0. The molecular formula is C7H11N3O. The topological polar surface area (TPSA) is 46.0 Å². The first-order valence-electron chi connectivity index (χ1n) is 3.93. The van der Waals surface area contributed by atoms with Crippen LogP contribution in [0.2, 0.25) is 0 Å². The van der Waals surface area contributed by atoms with Crippen LogP contribution in [-0.4, -0.2) is 38.0 Å². The van der Waals surface area contributed by atoms with Crippen LogP contribution in [0.5, 0.6) is 0 Å². The normalized spacial score (nSPS) is 23.3. The Morgan fingerprint density at radius 2 is 2.27 bits per heavy atom. The fourth-order valence-electron chi connectivity index (χ4n) is 1.15. The van der Waals surface area contributed by atoms with Gasteiger partial charge in [0.25, 0.3) is 5.90 Å². The van der Waals surface area contributed by atoms with E-state index in [0.717, 1.165) is 31.9 Å². The Kier molecular flexibility index (Phi) is 1.75. The van der Waals surface area contributed by atoms with E-state index in [4.69, 9.17) is 4.74 Å². The molecular weight excluding hydrogens is 142 g/mol. The first-order valence-corrected chi connectivity index (χ1v) is 3.93. The minimum atomic E-state index is 0.699. The van der Waals surface area contributed by atoms with Crippen LogP contribution < -0.4 is 5.32 Å². The average molecular weight is 153 g/mol. The third-order valence-corrected chi connectivity index (χ3v) is 1.69. The van der Waals surface area contributed by atoms with Crippen LogP contribution in [0.3, 0.4) is 0 Å². The molecule has 0 aromatic carbocycles. The summed E-state index contributed by atoms with van der Waals surface area (Å²) in [6, 6.07) is 0. The lowest BCUT2D eigenvalue weighted by molar-refractivity contribution is 0.351. The van der Waals surface area contributed by atoms with Gasteiger partial charge in [-0.3, -0.25) is 4.99 Å². The van der Waals surface area contributed by atoms with Crippen molar-refractivity contribution in [2.24, 2.45) is 9.98 Å². The van der Waals surface area contributed by atoms with Crippen molar-refractivity contribution in [3.8, 4) is 0 Å². The van der Waals surface area contributed by atoms with E-state index in [1.54, 1.807) is 0 Å². The molecule has 11 heavy (non-hydrogen) atoms. The number of nitrogens with zero attached hydrogens (tertiary/aromatic N) is 2. The minimum Gasteiger partial charge on any atom is -0.473 e. The van der Waals surface area contributed by atoms with Gasteiger partial charge in [-0.05, 0) is 6.42 Å². The maximum atomic E-state index is 5.25. The summed E-state index contributed by atoms with van der Waals surface area (Å²) < 4.78 is 5.25. The van der Waals surface area contributed by atoms with Crippen molar-refractivity contribution in [1.29, 1.82) is 0 Å². The van der Waals surface area contributed by atoms with Gasteiger partial charge in [0.2, 0.25) is 0 Å². The van der Waals surface area contributed by atoms with E-state index in [1.165, 1.54) is 0 Å². The number of hydrogen-bond donors (Lipinski definition) is 1. The van der Waals surface area contributed by atoms with Crippen molar-refractivity contribution in [2.75, 3.05) is 26.2 Å². The summed E-state index contributed by atoms with van der Waals surface area (Å²) in [6.45, 7) is 3.36. The molecule has 0 aromatic rings. The van der Waals surface area contributed by atoms with Crippen molar-refractivity contribution in [1.82, 2.24) is 5.32 Å². The smallest absolute Gasteiger partial charge is 0.252 e. The fourth-order valence-corrected chi connectivity index (χ4v) is 1.15. The summed E-state index contributed by atoms with van der Waals surface area (Å²) in [5.41, 5.74) is 0. The van der Waals surface area contributed by atoms with Gasteiger partial charge in [0.15, 0.2) is 5.84 Å². The molecule has 2 aliphatic rings. The molecule has 1 N–H and O–H groups in total. The molecule has 0 unspecified atom stereocenters. The molecule has 0 atom stereocenters.